The van der Waals surface area contributed by atoms with Gasteiger partial charge in [0, 0.05) is 36.1 Å². The fourth-order valence-electron chi connectivity index (χ4n) is 3.88. The summed E-state index contributed by atoms with van der Waals surface area (Å²) in [6.07, 6.45) is 1.98. The minimum absolute atomic E-state index is 0.188. The summed E-state index contributed by atoms with van der Waals surface area (Å²) in [5.74, 6) is -0.470. The second-order valence-corrected chi connectivity index (χ2v) is 10.5. The van der Waals surface area contributed by atoms with Crippen LogP contribution in [0.2, 0.25) is 0 Å². The summed E-state index contributed by atoms with van der Waals surface area (Å²) in [4.78, 5) is 25.6. The molecule has 0 fully saturated rings. The highest BCUT2D eigenvalue weighted by Crippen LogP contribution is 2.38. The standard InChI is InChI=1S/C27H28N4O4S/c1-4-16-28-26(32)19-10-15-22-23(17-19)30-27(33)24(22)25(18-8-6-5-7-9-18)29-20-11-13-21(14-12-20)31(2)36(3,34)35/h5-15,17,29H,4,16H2,1-3H3,(H,28,32)(H,30,33)/b25-24-. The first-order valence-corrected chi connectivity index (χ1v) is 13.4. The Kier molecular flexibility index (Phi) is 7.12. The molecule has 0 aliphatic carbocycles. The highest BCUT2D eigenvalue weighted by Gasteiger charge is 2.29. The summed E-state index contributed by atoms with van der Waals surface area (Å²) >= 11 is 0. The van der Waals surface area contributed by atoms with Crippen molar-refractivity contribution in [3.63, 3.8) is 0 Å². The van der Waals surface area contributed by atoms with Crippen molar-refractivity contribution in [2.45, 2.75) is 13.3 Å². The van der Waals surface area contributed by atoms with Crippen LogP contribution in [-0.4, -0.2) is 40.1 Å². The van der Waals surface area contributed by atoms with E-state index < -0.39 is 10.0 Å². The number of hydrogen-bond donors (Lipinski definition) is 3. The molecule has 0 aromatic heterocycles. The Morgan fingerprint density at radius 2 is 1.67 bits per heavy atom. The SMILES string of the molecule is CCCNC(=O)c1ccc2c(c1)NC(=O)/C2=C(\Nc1ccc(N(C)S(C)(=O)=O)cc1)c1ccccc1. The number of fused-ring (bicyclic) bond motifs is 1. The number of rotatable bonds is 8. The van der Waals surface area contributed by atoms with Gasteiger partial charge >= 0.3 is 0 Å². The van der Waals surface area contributed by atoms with E-state index in [1.54, 1.807) is 42.5 Å². The van der Waals surface area contributed by atoms with E-state index in [1.165, 1.54) is 11.4 Å². The number of nitrogens with zero attached hydrogens (tertiary/aromatic N) is 1. The number of hydrogen-bond acceptors (Lipinski definition) is 5. The van der Waals surface area contributed by atoms with Crippen LogP contribution in [0.15, 0.2) is 72.8 Å². The Labute approximate surface area is 211 Å². The minimum Gasteiger partial charge on any atom is -0.354 e. The molecule has 3 aromatic carbocycles. The van der Waals surface area contributed by atoms with Crippen LogP contribution in [0.5, 0.6) is 0 Å². The molecule has 1 heterocycles. The maximum absolute atomic E-state index is 13.2. The van der Waals surface area contributed by atoms with Crippen molar-refractivity contribution in [3.8, 4) is 0 Å². The van der Waals surface area contributed by atoms with Gasteiger partial charge in [-0.25, -0.2) is 8.42 Å². The van der Waals surface area contributed by atoms with Gasteiger partial charge in [-0.15, -0.1) is 0 Å². The quantitative estimate of drug-likeness (QED) is 0.400. The lowest BCUT2D eigenvalue weighted by Crippen LogP contribution is -2.24. The Morgan fingerprint density at radius 1 is 0.972 bits per heavy atom. The van der Waals surface area contributed by atoms with E-state index in [9.17, 15) is 18.0 Å². The van der Waals surface area contributed by atoms with Crippen molar-refractivity contribution in [1.82, 2.24) is 5.32 Å². The van der Waals surface area contributed by atoms with Crippen molar-refractivity contribution in [1.29, 1.82) is 0 Å². The van der Waals surface area contributed by atoms with Crippen molar-refractivity contribution < 1.29 is 18.0 Å². The van der Waals surface area contributed by atoms with Crippen molar-refractivity contribution >= 4 is 50.2 Å². The van der Waals surface area contributed by atoms with Gasteiger partial charge in [-0.2, -0.15) is 0 Å². The molecule has 0 radical (unpaired) electrons. The summed E-state index contributed by atoms with van der Waals surface area (Å²) in [7, 11) is -1.89. The first kappa shape index (κ1) is 25.0. The molecule has 4 rings (SSSR count). The van der Waals surface area contributed by atoms with E-state index in [0.717, 1.165) is 18.2 Å². The largest absolute Gasteiger partial charge is 0.354 e. The zero-order valence-corrected chi connectivity index (χ0v) is 21.1. The molecule has 9 heteroatoms. The maximum Gasteiger partial charge on any atom is 0.258 e. The Hall–Kier alpha value is -4.11. The number of benzene rings is 3. The van der Waals surface area contributed by atoms with E-state index in [0.29, 0.717) is 46.0 Å². The van der Waals surface area contributed by atoms with Gasteiger partial charge in [0.05, 0.1) is 23.2 Å². The van der Waals surface area contributed by atoms with Crippen LogP contribution in [0.3, 0.4) is 0 Å². The molecule has 3 aromatic rings. The first-order chi connectivity index (χ1) is 17.2. The molecule has 0 saturated carbocycles. The molecule has 3 N–H and O–H groups in total. The van der Waals surface area contributed by atoms with Gasteiger partial charge in [-0.1, -0.05) is 43.3 Å². The number of amides is 2. The van der Waals surface area contributed by atoms with Crippen LogP contribution >= 0.6 is 0 Å². The van der Waals surface area contributed by atoms with E-state index in [4.69, 9.17) is 0 Å². The van der Waals surface area contributed by atoms with Crippen LogP contribution in [0, 0.1) is 0 Å². The number of carbonyl (C=O) groups excluding carboxylic acids is 2. The van der Waals surface area contributed by atoms with Crippen molar-refractivity contribution in [3.05, 3.63) is 89.5 Å². The molecule has 2 amide bonds. The average Bonchev–Trinajstić information content (AvgIpc) is 3.20. The smallest absolute Gasteiger partial charge is 0.258 e. The molecule has 8 nitrogen and oxygen atoms in total. The number of sulfonamides is 1. The lowest BCUT2D eigenvalue weighted by Gasteiger charge is -2.18. The predicted molar refractivity (Wildman–Crippen MR) is 144 cm³/mol. The highest BCUT2D eigenvalue weighted by molar-refractivity contribution is 7.92. The molecule has 0 unspecified atom stereocenters. The molecule has 1 aliphatic rings. The average molecular weight is 505 g/mol. The third kappa shape index (κ3) is 5.26. The highest BCUT2D eigenvalue weighted by atomic mass is 32.2. The monoisotopic (exact) mass is 504 g/mol. The van der Waals surface area contributed by atoms with Gasteiger partial charge in [0.1, 0.15) is 0 Å². The molecule has 186 valence electrons. The summed E-state index contributed by atoms with van der Waals surface area (Å²) in [5.41, 5.74) is 4.79. The van der Waals surface area contributed by atoms with Gasteiger partial charge in [-0.05, 0) is 48.4 Å². The normalized spacial score (nSPS) is 14.0. The molecule has 0 spiro atoms. The van der Waals surface area contributed by atoms with Gasteiger partial charge in [0.2, 0.25) is 10.0 Å². The maximum atomic E-state index is 13.2. The van der Waals surface area contributed by atoms with E-state index in [1.807, 2.05) is 37.3 Å². The van der Waals surface area contributed by atoms with Gasteiger partial charge < -0.3 is 16.0 Å². The Balaban J connectivity index is 1.74. The second kappa shape index (κ2) is 10.2. The third-order valence-corrected chi connectivity index (χ3v) is 7.08. The first-order valence-electron chi connectivity index (χ1n) is 11.5. The van der Waals surface area contributed by atoms with Crippen LogP contribution in [0.4, 0.5) is 17.1 Å². The third-order valence-electron chi connectivity index (χ3n) is 5.87. The predicted octanol–water partition coefficient (Wildman–Crippen LogP) is 4.15. The molecular formula is C27H28N4O4S. The van der Waals surface area contributed by atoms with Crippen LogP contribution < -0.4 is 20.3 Å². The van der Waals surface area contributed by atoms with Gasteiger partial charge in [-0.3, -0.25) is 13.9 Å². The lowest BCUT2D eigenvalue weighted by molar-refractivity contribution is -0.110. The Morgan fingerprint density at radius 3 is 2.31 bits per heavy atom. The molecule has 1 aliphatic heterocycles. The van der Waals surface area contributed by atoms with E-state index in [2.05, 4.69) is 16.0 Å². The van der Waals surface area contributed by atoms with E-state index in [-0.39, 0.29) is 11.8 Å². The molecule has 36 heavy (non-hydrogen) atoms. The lowest BCUT2D eigenvalue weighted by atomic mass is 9.99. The zero-order valence-electron chi connectivity index (χ0n) is 20.3. The fourth-order valence-corrected chi connectivity index (χ4v) is 4.38. The Bertz CT molecular complexity index is 1430. The van der Waals surface area contributed by atoms with Gasteiger partial charge in [0.15, 0.2) is 0 Å². The molecule has 0 bridgehead atoms. The zero-order chi connectivity index (χ0) is 25.9. The van der Waals surface area contributed by atoms with E-state index >= 15 is 0 Å². The summed E-state index contributed by atoms with van der Waals surface area (Å²) < 4.78 is 24.9. The molecule has 0 saturated heterocycles. The molecular weight excluding hydrogens is 476 g/mol. The van der Waals surface area contributed by atoms with Gasteiger partial charge in [0.25, 0.3) is 11.8 Å². The summed E-state index contributed by atoms with van der Waals surface area (Å²) in [6, 6.07) is 21.5. The summed E-state index contributed by atoms with van der Waals surface area (Å²) in [5, 5.41) is 9.08. The topological polar surface area (TPSA) is 108 Å². The molecule has 0 atom stereocenters. The van der Waals surface area contributed by atoms with Crippen molar-refractivity contribution in [2.24, 2.45) is 0 Å². The second-order valence-electron chi connectivity index (χ2n) is 8.49. The number of anilines is 3. The minimum atomic E-state index is -3.38. The number of nitrogens with one attached hydrogen (secondary N) is 3. The van der Waals surface area contributed by atoms with Crippen LogP contribution in [0.25, 0.3) is 11.3 Å². The fraction of sp³-hybridized carbons (Fsp3) is 0.185. The summed E-state index contributed by atoms with van der Waals surface area (Å²) in [6.45, 7) is 2.56. The number of carbonyl (C=O) groups is 2. The van der Waals surface area contributed by atoms with Crippen LogP contribution in [0.1, 0.15) is 34.8 Å². The van der Waals surface area contributed by atoms with Crippen molar-refractivity contribution in [2.75, 3.05) is 34.8 Å². The van der Waals surface area contributed by atoms with Crippen LogP contribution in [-0.2, 0) is 14.8 Å².